The zero-order valence-corrected chi connectivity index (χ0v) is 61.0. The van der Waals surface area contributed by atoms with Gasteiger partial charge in [-0.05, 0) is 282 Å². The first-order chi connectivity index (χ1) is 42.1. The van der Waals surface area contributed by atoms with Crippen LogP contribution < -0.4 is 0 Å². The highest BCUT2D eigenvalue weighted by molar-refractivity contribution is 5.67. The highest BCUT2D eigenvalue weighted by Crippen LogP contribution is 2.63. The van der Waals surface area contributed by atoms with Crippen LogP contribution in [0.15, 0.2) is 52.8 Å². The molecule has 0 aromatic rings. The van der Waals surface area contributed by atoms with Gasteiger partial charge in [0.15, 0.2) is 0 Å². The molecule has 11 aliphatic carbocycles. The summed E-state index contributed by atoms with van der Waals surface area (Å²) in [5.74, 6) is 14.1. The van der Waals surface area contributed by atoms with E-state index >= 15 is 0 Å². The summed E-state index contributed by atoms with van der Waals surface area (Å²) in [6, 6.07) is 2.74. The number of aliphatic hydroxyl groups excluding tert-OH is 3. The number of rotatable bonds is 11. The first-order valence-electron chi connectivity index (χ1n) is 38.5. The molecule has 0 amide bonds. The van der Waals surface area contributed by atoms with Gasteiger partial charge in [-0.1, -0.05) is 198 Å². The van der Waals surface area contributed by atoms with E-state index in [0.29, 0.717) is 69.5 Å². The predicted molar refractivity (Wildman–Crippen MR) is 377 cm³/mol. The van der Waals surface area contributed by atoms with Crippen molar-refractivity contribution in [3.8, 4) is 6.07 Å². The molecule has 508 valence electrons. The van der Waals surface area contributed by atoms with E-state index in [2.05, 4.69) is 160 Å². The van der Waals surface area contributed by atoms with Gasteiger partial charge >= 0.3 is 0 Å². The highest BCUT2D eigenvalue weighted by atomic mass is 16.4. The molecule has 6 nitrogen and oxygen atoms in total. The van der Waals surface area contributed by atoms with Crippen LogP contribution in [0.25, 0.3) is 0 Å². The molecule has 11 rings (SSSR count). The molecule has 0 aromatic heterocycles. The zero-order chi connectivity index (χ0) is 65.4. The lowest BCUT2D eigenvalue weighted by Gasteiger charge is -2.45. The van der Waals surface area contributed by atoms with Crippen molar-refractivity contribution in [2.75, 3.05) is 0 Å². The monoisotopic (exact) mass is 1230 g/mol. The molecule has 0 aromatic carbocycles. The van der Waals surface area contributed by atoms with Crippen LogP contribution >= 0.6 is 0 Å². The number of fused-ring (bicyclic) bond motifs is 5. The second kappa shape index (κ2) is 32.0. The topological polar surface area (TPSA) is 117 Å². The molecule has 11 aliphatic rings. The summed E-state index contributed by atoms with van der Waals surface area (Å²) in [6.07, 6.45) is 47.0. The third-order valence-corrected chi connectivity index (χ3v) is 29.4. The van der Waals surface area contributed by atoms with E-state index in [9.17, 15) is 20.6 Å². The van der Waals surface area contributed by atoms with Crippen LogP contribution in [0.5, 0.6) is 0 Å². The van der Waals surface area contributed by atoms with Gasteiger partial charge in [-0.2, -0.15) is 5.26 Å². The molecule has 23 atom stereocenters. The van der Waals surface area contributed by atoms with Crippen LogP contribution in [0.3, 0.4) is 0 Å². The van der Waals surface area contributed by atoms with E-state index in [4.69, 9.17) is 5.21 Å². The quantitative estimate of drug-likeness (QED) is 0.0712. The van der Waals surface area contributed by atoms with Crippen molar-refractivity contribution in [1.29, 1.82) is 5.26 Å². The first kappa shape index (κ1) is 74.2. The normalized spacial score (nSPS) is 43.6. The Bertz CT molecular complexity index is 2370. The van der Waals surface area contributed by atoms with E-state index in [-0.39, 0.29) is 29.1 Å². The molecule has 89 heavy (non-hydrogen) atoms. The molecule has 6 heteroatoms. The molecule has 11 saturated carbocycles. The van der Waals surface area contributed by atoms with Crippen LogP contribution in [0, 0.1) is 151 Å². The number of nitrogens with zero attached hydrogens (tertiary/aromatic N) is 2. The SMILES string of the molecule is C=C1CC[C@H](O)C/C1=C/C=C1\CCC[C@]2(C)[C@@H]([C@H](C)/C=C/[C@H](C)C(C)C)CC[C@@H]12.CC(C)[C@H]1CC[C@H]2[C@@H](C)CCC[C@]12C.CC(C)[C@H]1CC[C@H]2[C@@H](C)CCC[C@]12C#N.CC(C)[C@H]1CC[C@H]2[C@@H](O)CCC[C@]12/C=N/O.CC[C@@H](C)[C@H]1CC[C@H]2[C@@H](O)CCC[C@]12C. The predicted octanol–water partition coefficient (Wildman–Crippen LogP) is 22.4. The van der Waals surface area contributed by atoms with Crippen LogP contribution in [0.4, 0.5) is 0 Å². The molecule has 0 saturated heterocycles. The lowest BCUT2D eigenvalue weighted by atomic mass is 9.59. The minimum atomic E-state index is -0.199. The minimum Gasteiger partial charge on any atom is -0.411 e. The Balaban J connectivity index is 0.000000164. The van der Waals surface area contributed by atoms with Crippen LogP contribution in [-0.2, 0) is 0 Å². The number of hydrogen-bond acceptors (Lipinski definition) is 6. The first-order valence-corrected chi connectivity index (χ1v) is 38.5. The van der Waals surface area contributed by atoms with Gasteiger partial charge in [-0.3, -0.25) is 0 Å². The largest absolute Gasteiger partial charge is 0.411 e. The molecule has 0 aliphatic heterocycles. The Kier molecular flexibility index (Phi) is 26.7. The summed E-state index contributed by atoms with van der Waals surface area (Å²) in [5.41, 5.74) is 5.76. The molecular weight excluding hydrogens is 1090 g/mol. The summed E-state index contributed by atoms with van der Waals surface area (Å²) in [6.45, 7) is 44.8. The van der Waals surface area contributed by atoms with E-state index in [1.165, 1.54) is 140 Å². The summed E-state index contributed by atoms with van der Waals surface area (Å²) in [5, 5.41) is 52.2. The Morgan fingerprint density at radius 3 is 1.71 bits per heavy atom. The van der Waals surface area contributed by atoms with Crippen molar-refractivity contribution < 1.29 is 20.5 Å². The van der Waals surface area contributed by atoms with Crippen molar-refractivity contribution in [3.63, 3.8) is 0 Å². The van der Waals surface area contributed by atoms with Crippen molar-refractivity contribution in [3.05, 3.63) is 47.6 Å². The van der Waals surface area contributed by atoms with Crippen LogP contribution in [-0.4, -0.2) is 45.1 Å². The zero-order valence-electron chi connectivity index (χ0n) is 61.0. The number of hydrogen-bond donors (Lipinski definition) is 4. The molecule has 0 radical (unpaired) electrons. The van der Waals surface area contributed by atoms with Gasteiger partial charge in [0.1, 0.15) is 0 Å². The van der Waals surface area contributed by atoms with Crippen molar-refractivity contribution in [1.82, 2.24) is 0 Å². The Morgan fingerprint density at radius 1 is 0.551 bits per heavy atom. The van der Waals surface area contributed by atoms with Crippen molar-refractivity contribution >= 4 is 6.21 Å². The summed E-state index contributed by atoms with van der Waals surface area (Å²) >= 11 is 0. The van der Waals surface area contributed by atoms with Gasteiger partial charge in [0.05, 0.1) is 36.0 Å². The fraction of sp³-hybridized carbons (Fsp3) is 0.880. The Morgan fingerprint density at radius 2 is 1.08 bits per heavy atom. The van der Waals surface area contributed by atoms with Gasteiger partial charge in [-0.15, -0.1) is 5.16 Å². The second-order valence-corrected chi connectivity index (χ2v) is 35.3. The maximum atomic E-state index is 10.1. The fourth-order valence-electron chi connectivity index (χ4n) is 24.0. The molecular formula is C83H142N2O4. The molecule has 0 bridgehead atoms. The van der Waals surface area contributed by atoms with Crippen molar-refractivity contribution in [2.24, 2.45) is 145 Å². The Labute approximate surface area is 549 Å². The van der Waals surface area contributed by atoms with E-state index in [1.807, 2.05) is 0 Å². The average molecular weight is 1230 g/mol. The molecule has 0 unspecified atom stereocenters. The third-order valence-electron chi connectivity index (χ3n) is 29.4. The second-order valence-electron chi connectivity index (χ2n) is 35.3. The minimum absolute atomic E-state index is 0.00203. The maximum absolute atomic E-state index is 10.1. The lowest BCUT2D eigenvalue weighted by molar-refractivity contribution is -0.0272. The van der Waals surface area contributed by atoms with Crippen LogP contribution in [0.2, 0.25) is 0 Å². The summed E-state index contributed by atoms with van der Waals surface area (Å²) in [4.78, 5) is 0. The average Bonchev–Trinajstić information content (AvgIpc) is 1.91. The lowest BCUT2D eigenvalue weighted by Crippen LogP contribution is -2.44. The van der Waals surface area contributed by atoms with Gasteiger partial charge in [0, 0.05) is 5.41 Å². The molecule has 4 N–H and O–H groups in total. The maximum Gasteiger partial charge on any atom is 0.0695 e. The van der Waals surface area contributed by atoms with Crippen LogP contribution in [0.1, 0.15) is 304 Å². The highest BCUT2D eigenvalue weighted by Gasteiger charge is 2.57. The summed E-state index contributed by atoms with van der Waals surface area (Å²) in [7, 11) is 0. The number of oxime groups is 1. The van der Waals surface area contributed by atoms with Gasteiger partial charge in [0.2, 0.25) is 0 Å². The third kappa shape index (κ3) is 16.0. The molecule has 11 fully saturated rings. The van der Waals surface area contributed by atoms with E-state index < -0.39 is 0 Å². The molecule has 0 heterocycles. The van der Waals surface area contributed by atoms with Gasteiger partial charge in [-0.25, -0.2) is 0 Å². The van der Waals surface area contributed by atoms with Crippen molar-refractivity contribution in [2.45, 2.75) is 322 Å². The molecule has 0 spiro atoms. The standard InChI is InChI=1S/C28H44O.C14H23N.C14H26O.C14H26.C13H23NO2/c1-19(2)20(3)9-10-22(5)26-15-16-27-23(8-7-17-28(26,27)6)12-13-24-18-25(29)14-11-21(24)4;1-10(2)12-6-7-13-11(3)5-4-8-14(12,13)9-15;1-4-10(2)11-7-8-12-13(15)6-5-9-14(11,12)3;1-10(2)12-7-8-13-11(3)6-5-9-14(12,13)4;1-9(2)10-5-6-11-12(15)4-3-7-13(10,11)8-14-16/h9-10,12-13,19-20,22,25-27,29H,4,7-8,11,14-18H2,1-3,5-6H3;10-13H,4-8H2,1-3H3;10-13,15H,4-9H2,1-3H3;10-13H,5-9H2,1-4H3;8-12,15-16H,3-7H2,1-2H3/b10-9+,23-12+,24-13-;;;;14-8+/t20-,22+,25-,26+,27-,28+;11-,12+,13-,14-;10-,11-,12+,13+,14-;11-,12+,13-,14+;10-,11+,12+,13+/m00101/s1. The Hall–Kier alpha value is -2.20. The number of allylic oxidation sites excluding steroid dienone is 6. The fourth-order valence-corrected chi connectivity index (χ4v) is 24.0. The van der Waals surface area contributed by atoms with Gasteiger partial charge < -0.3 is 20.5 Å². The summed E-state index contributed by atoms with van der Waals surface area (Å²) < 4.78 is 0. The smallest absolute Gasteiger partial charge is 0.0695 e. The van der Waals surface area contributed by atoms with E-state index in [1.54, 1.807) is 11.8 Å². The number of nitriles is 1. The van der Waals surface area contributed by atoms with E-state index in [0.717, 1.165) is 117 Å². The van der Waals surface area contributed by atoms with Gasteiger partial charge in [0.25, 0.3) is 0 Å². The number of aliphatic hydroxyl groups is 3.